The molecule has 0 spiro atoms. The topological polar surface area (TPSA) is 61.8 Å². The second kappa shape index (κ2) is 10.2. The molecule has 1 heterocycles. The number of amides is 1. The summed E-state index contributed by atoms with van der Waals surface area (Å²) >= 11 is 0. The van der Waals surface area contributed by atoms with E-state index < -0.39 is 0 Å². The quantitative estimate of drug-likeness (QED) is 0.620. The Morgan fingerprint density at radius 2 is 1.96 bits per heavy atom. The number of hydrogen-bond donors (Lipinski definition) is 2. The van der Waals surface area contributed by atoms with E-state index in [0.717, 1.165) is 48.5 Å². The van der Waals surface area contributed by atoms with Crippen LogP contribution in [0, 0.1) is 5.92 Å². The molecule has 0 bridgehead atoms. The van der Waals surface area contributed by atoms with Crippen LogP contribution in [0.2, 0.25) is 0 Å². The van der Waals surface area contributed by atoms with Gasteiger partial charge in [-0.25, -0.2) is 0 Å². The first-order valence-corrected chi connectivity index (χ1v) is 10.1. The van der Waals surface area contributed by atoms with Crippen LogP contribution in [0.3, 0.4) is 0 Å². The van der Waals surface area contributed by atoms with Gasteiger partial charge in [0.05, 0.1) is 18.8 Å². The highest BCUT2D eigenvalue weighted by Crippen LogP contribution is 2.35. The lowest BCUT2D eigenvalue weighted by molar-refractivity contribution is -0.119. The third-order valence-electron chi connectivity index (χ3n) is 5.03. The molecule has 2 aromatic carbocycles. The van der Waals surface area contributed by atoms with Crippen LogP contribution >= 0.6 is 0 Å². The Morgan fingerprint density at radius 1 is 1.14 bits per heavy atom. The maximum Gasteiger partial charge on any atom is 0.227 e. The lowest BCUT2D eigenvalue weighted by Gasteiger charge is -2.30. The van der Waals surface area contributed by atoms with E-state index in [1.165, 1.54) is 0 Å². The Kier molecular flexibility index (Phi) is 7.46. The molecule has 2 aromatic rings. The average Bonchev–Trinajstić information content (AvgIpc) is 2.73. The van der Waals surface area contributed by atoms with Gasteiger partial charge in [0.15, 0.2) is 0 Å². The standard InChI is InChI=1S/C23H30N2O3/c1-18(17-26)15-24-13-6-14-28-22-10-5-9-21-20(22)11-12-23(27)25(21)16-19-7-3-2-4-8-19/h2-5,7-10,18,24,26H,6,11-17H2,1H3. The summed E-state index contributed by atoms with van der Waals surface area (Å²) in [5.41, 5.74) is 3.21. The minimum Gasteiger partial charge on any atom is -0.493 e. The summed E-state index contributed by atoms with van der Waals surface area (Å²) in [6, 6.07) is 16.1. The summed E-state index contributed by atoms with van der Waals surface area (Å²) in [5, 5.41) is 12.4. The molecule has 0 saturated heterocycles. The van der Waals surface area contributed by atoms with E-state index >= 15 is 0 Å². The zero-order chi connectivity index (χ0) is 19.8. The summed E-state index contributed by atoms with van der Waals surface area (Å²) in [4.78, 5) is 14.4. The van der Waals surface area contributed by atoms with Crippen LogP contribution in [0.15, 0.2) is 48.5 Å². The molecular weight excluding hydrogens is 352 g/mol. The molecule has 5 nitrogen and oxygen atoms in total. The number of carbonyl (C=O) groups excluding carboxylic acids is 1. The number of carbonyl (C=O) groups is 1. The molecule has 0 aliphatic carbocycles. The van der Waals surface area contributed by atoms with E-state index in [4.69, 9.17) is 9.84 Å². The first kappa shape index (κ1) is 20.4. The first-order chi connectivity index (χ1) is 13.7. The molecule has 1 atom stereocenters. The van der Waals surface area contributed by atoms with Crippen molar-refractivity contribution in [1.82, 2.24) is 5.32 Å². The number of aliphatic hydroxyl groups is 1. The minimum atomic E-state index is 0.163. The molecule has 3 rings (SSSR count). The molecule has 0 radical (unpaired) electrons. The molecule has 1 aliphatic rings. The molecule has 0 aromatic heterocycles. The van der Waals surface area contributed by atoms with E-state index in [0.29, 0.717) is 19.6 Å². The summed E-state index contributed by atoms with van der Waals surface area (Å²) < 4.78 is 6.04. The number of ether oxygens (including phenoxy) is 1. The van der Waals surface area contributed by atoms with Gasteiger partial charge in [-0.15, -0.1) is 0 Å². The molecular formula is C23H30N2O3. The molecule has 1 amide bonds. The van der Waals surface area contributed by atoms with Crippen molar-refractivity contribution in [3.05, 3.63) is 59.7 Å². The third-order valence-corrected chi connectivity index (χ3v) is 5.03. The highest BCUT2D eigenvalue weighted by atomic mass is 16.5. The number of fused-ring (bicyclic) bond motifs is 1. The van der Waals surface area contributed by atoms with Gasteiger partial charge in [-0.1, -0.05) is 43.3 Å². The Morgan fingerprint density at radius 3 is 2.75 bits per heavy atom. The van der Waals surface area contributed by atoms with Gasteiger partial charge in [0.2, 0.25) is 5.91 Å². The van der Waals surface area contributed by atoms with Crippen molar-refractivity contribution in [3.63, 3.8) is 0 Å². The fraction of sp³-hybridized carbons (Fsp3) is 0.435. The van der Waals surface area contributed by atoms with Gasteiger partial charge in [-0.2, -0.15) is 0 Å². The van der Waals surface area contributed by atoms with Crippen LogP contribution in [-0.2, 0) is 17.8 Å². The largest absolute Gasteiger partial charge is 0.493 e. The Bertz CT molecular complexity index is 764. The Labute approximate surface area is 167 Å². The number of benzene rings is 2. The zero-order valence-corrected chi connectivity index (χ0v) is 16.6. The predicted octanol–water partition coefficient (Wildman–Crippen LogP) is 3.15. The van der Waals surface area contributed by atoms with Crippen LogP contribution in [0.25, 0.3) is 0 Å². The Balaban J connectivity index is 1.60. The fourth-order valence-electron chi connectivity index (χ4n) is 3.43. The van der Waals surface area contributed by atoms with Crippen molar-refractivity contribution in [2.75, 3.05) is 31.2 Å². The number of aliphatic hydroxyl groups excluding tert-OH is 1. The van der Waals surface area contributed by atoms with Crippen molar-refractivity contribution >= 4 is 11.6 Å². The van der Waals surface area contributed by atoms with Crippen molar-refractivity contribution in [2.24, 2.45) is 5.92 Å². The highest BCUT2D eigenvalue weighted by Gasteiger charge is 2.26. The minimum absolute atomic E-state index is 0.163. The SMILES string of the molecule is CC(CO)CNCCCOc1cccc2c1CCC(=O)N2Cc1ccccc1. The van der Waals surface area contributed by atoms with Crippen molar-refractivity contribution in [2.45, 2.75) is 32.7 Å². The maximum atomic E-state index is 12.5. The second-order valence-corrected chi connectivity index (χ2v) is 7.41. The number of hydrogen-bond acceptors (Lipinski definition) is 4. The Hall–Kier alpha value is -2.37. The second-order valence-electron chi connectivity index (χ2n) is 7.41. The van der Waals surface area contributed by atoms with E-state index in [1.807, 2.05) is 60.4 Å². The molecule has 0 saturated carbocycles. The van der Waals surface area contributed by atoms with Gasteiger partial charge in [0.1, 0.15) is 5.75 Å². The normalized spacial score (nSPS) is 14.6. The average molecular weight is 383 g/mol. The lowest BCUT2D eigenvalue weighted by Crippen LogP contribution is -2.34. The van der Waals surface area contributed by atoms with Crippen LogP contribution in [0.4, 0.5) is 5.69 Å². The lowest BCUT2D eigenvalue weighted by atomic mass is 9.99. The van der Waals surface area contributed by atoms with Crippen molar-refractivity contribution in [3.8, 4) is 5.75 Å². The number of nitrogens with zero attached hydrogens (tertiary/aromatic N) is 1. The number of nitrogens with one attached hydrogen (secondary N) is 1. The molecule has 5 heteroatoms. The summed E-state index contributed by atoms with van der Waals surface area (Å²) in [5.74, 6) is 1.32. The first-order valence-electron chi connectivity index (χ1n) is 10.1. The molecule has 0 fully saturated rings. The molecule has 28 heavy (non-hydrogen) atoms. The van der Waals surface area contributed by atoms with Gasteiger partial charge >= 0.3 is 0 Å². The highest BCUT2D eigenvalue weighted by molar-refractivity contribution is 5.96. The molecule has 150 valence electrons. The van der Waals surface area contributed by atoms with Crippen molar-refractivity contribution in [1.29, 1.82) is 0 Å². The molecule has 1 unspecified atom stereocenters. The predicted molar refractivity (Wildman–Crippen MR) is 112 cm³/mol. The zero-order valence-electron chi connectivity index (χ0n) is 16.6. The number of anilines is 1. The maximum absolute atomic E-state index is 12.5. The van der Waals surface area contributed by atoms with Crippen LogP contribution in [0.1, 0.15) is 30.9 Å². The summed E-state index contributed by atoms with van der Waals surface area (Å²) in [6.45, 7) is 5.11. The van der Waals surface area contributed by atoms with E-state index in [1.54, 1.807) is 0 Å². The van der Waals surface area contributed by atoms with Gasteiger partial charge in [-0.3, -0.25) is 4.79 Å². The van der Waals surface area contributed by atoms with Crippen molar-refractivity contribution < 1.29 is 14.6 Å². The van der Waals surface area contributed by atoms with Crippen LogP contribution in [-0.4, -0.2) is 37.3 Å². The van der Waals surface area contributed by atoms with E-state index in [-0.39, 0.29) is 18.4 Å². The number of rotatable bonds is 10. The van der Waals surface area contributed by atoms with Gasteiger partial charge < -0.3 is 20.1 Å². The van der Waals surface area contributed by atoms with Gasteiger partial charge in [0.25, 0.3) is 0 Å². The van der Waals surface area contributed by atoms with Gasteiger partial charge in [0, 0.05) is 18.6 Å². The molecule has 1 aliphatic heterocycles. The summed E-state index contributed by atoms with van der Waals surface area (Å²) in [7, 11) is 0. The van der Waals surface area contributed by atoms with Gasteiger partial charge in [-0.05, 0) is 49.5 Å². The van der Waals surface area contributed by atoms with E-state index in [2.05, 4.69) is 5.32 Å². The van der Waals surface area contributed by atoms with E-state index in [9.17, 15) is 4.79 Å². The van der Waals surface area contributed by atoms with Crippen LogP contribution in [0.5, 0.6) is 5.75 Å². The fourth-order valence-corrected chi connectivity index (χ4v) is 3.43. The third kappa shape index (κ3) is 5.33. The van der Waals surface area contributed by atoms with Crippen LogP contribution < -0.4 is 15.0 Å². The monoisotopic (exact) mass is 382 g/mol. The molecule has 2 N–H and O–H groups in total. The smallest absolute Gasteiger partial charge is 0.227 e. The summed E-state index contributed by atoms with van der Waals surface area (Å²) in [6.07, 6.45) is 2.14.